The molecule has 5 heteroatoms. The standard InChI is InChI=1S/C13H10BrIN2O/c1-17(12-4-2-3-7-16-12)13(18)10-8-9(15)5-6-11(10)14/h2-8H,1H3. The van der Waals surface area contributed by atoms with E-state index in [2.05, 4.69) is 43.5 Å². The van der Waals surface area contributed by atoms with E-state index < -0.39 is 0 Å². The lowest BCUT2D eigenvalue weighted by molar-refractivity contribution is 0.0991. The average Bonchev–Trinajstić information content (AvgIpc) is 2.41. The van der Waals surface area contributed by atoms with E-state index in [1.807, 2.05) is 30.3 Å². The molecule has 0 atom stereocenters. The fourth-order valence-corrected chi connectivity index (χ4v) is 2.41. The molecule has 0 aliphatic heterocycles. The van der Waals surface area contributed by atoms with E-state index in [0.717, 1.165) is 8.04 Å². The molecule has 92 valence electrons. The zero-order valence-corrected chi connectivity index (χ0v) is 13.3. The number of hydrogen-bond acceptors (Lipinski definition) is 2. The molecule has 2 rings (SSSR count). The third-order valence-electron chi connectivity index (χ3n) is 2.46. The van der Waals surface area contributed by atoms with Gasteiger partial charge in [-0.3, -0.25) is 9.69 Å². The first-order valence-corrected chi connectivity index (χ1v) is 7.11. The van der Waals surface area contributed by atoms with Crippen LogP contribution in [0.2, 0.25) is 0 Å². The summed E-state index contributed by atoms with van der Waals surface area (Å²) < 4.78 is 1.81. The van der Waals surface area contributed by atoms with Crippen molar-refractivity contribution in [3.63, 3.8) is 0 Å². The number of rotatable bonds is 2. The number of carbonyl (C=O) groups excluding carboxylic acids is 1. The van der Waals surface area contributed by atoms with Gasteiger partial charge in [-0.1, -0.05) is 6.07 Å². The summed E-state index contributed by atoms with van der Waals surface area (Å²) in [6.45, 7) is 0. The number of halogens is 2. The smallest absolute Gasteiger partial charge is 0.260 e. The Labute approximate surface area is 127 Å². The second-order valence-corrected chi connectivity index (χ2v) is 5.78. The normalized spacial score (nSPS) is 10.2. The molecule has 1 heterocycles. The Morgan fingerprint density at radius 2 is 2.11 bits per heavy atom. The first kappa shape index (κ1) is 13.5. The van der Waals surface area contributed by atoms with Gasteiger partial charge in [0.2, 0.25) is 0 Å². The third-order valence-corrected chi connectivity index (χ3v) is 3.82. The van der Waals surface area contributed by atoms with Crippen LogP contribution in [0.3, 0.4) is 0 Å². The van der Waals surface area contributed by atoms with Crippen molar-refractivity contribution in [3.8, 4) is 0 Å². The second kappa shape index (κ2) is 5.79. The van der Waals surface area contributed by atoms with Crippen LogP contribution in [0.15, 0.2) is 47.1 Å². The number of pyridine rings is 1. The molecule has 0 N–H and O–H groups in total. The van der Waals surface area contributed by atoms with E-state index in [-0.39, 0.29) is 5.91 Å². The molecule has 0 bridgehead atoms. The highest BCUT2D eigenvalue weighted by Gasteiger charge is 2.17. The Balaban J connectivity index is 2.34. The summed E-state index contributed by atoms with van der Waals surface area (Å²) in [6.07, 6.45) is 1.67. The second-order valence-electron chi connectivity index (χ2n) is 3.68. The van der Waals surface area contributed by atoms with Crippen molar-refractivity contribution in [3.05, 3.63) is 56.2 Å². The van der Waals surface area contributed by atoms with E-state index in [9.17, 15) is 4.79 Å². The largest absolute Gasteiger partial charge is 0.296 e. The third kappa shape index (κ3) is 2.89. The summed E-state index contributed by atoms with van der Waals surface area (Å²) in [5.74, 6) is 0.548. The minimum absolute atomic E-state index is 0.0842. The maximum Gasteiger partial charge on any atom is 0.260 e. The van der Waals surface area contributed by atoms with Gasteiger partial charge < -0.3 is 0 Å². The maximum atomic E-state index is 12.4. The van der Waals surface area contributed by atoms with Gasteiger partial charge in [-0.25, -0.2) is 4.98 Å². The molecule has 0 fully saturated rings. The van der Waals surface area contributed by atoms with Gasteiger partial charge in [0.05, 0.1) is 5.56 Å². The van der Waals surface area contributed by atoms with Gasteiger partial charge in [-0.15, -0.1) is 0 Å². The van der Waals surface area contributed by atoms with Crippen molar-refractivity contribution in [1.82, 2.24) is 4.98 Å². The summed E-state index contributed by atoms with van der Waals surface area (Å²) in [6, 6.07) is 11.2. The fraction of sp³-hybridized carbons (Fsp3) is 0.0769. The number of carbonyl (C=O) groups is 1. The predicted octanol–water partition coefficient (Wildman–Crippen LogP) is 3.73. The molecule has 0 aliphatic rings. The molecule has 1 aromatic carbocycles. The van der Waals surface area contributed by atoms with Crippen molar-refractivity contribution in [2.75, 3.05) is 11.9 Å². The van der Waals surface area contributed by atoms with Crippen LogP contribution in [0.25, 0.3) is 0 Å². The SMILES string of the molecule is CN(C(=O)c1cc(I)ccc1Br)c1ccccn1. The number of aromatic nitrogens is 1. The molecule has 3 nitrogen and oxygen atoms in total. The minimum Gasteiger partial charge on any atom is -0.296 e. The Morgan fingerprint density at radius 3 is 2.78 bits per heavy atom. The first-order chi connectivity index (χ1) is 8.59. The van der Waals surface area contributed by atoms with Gasteiger partial charge in [-0.05, 0) is 68.9 Å². The van der Waals surface area contributed by atoms with Crippen LogP contribution in [0.1, 0.15) is 10.4 Å². The maximum absolute atomic E-state index is 12.4. The number of hydrogen-bond donors (Lipinski definition) is 0. The first-order valence-electron chi connectivity index (χ1n) is 5.24. The molecule has 0 spiro atoms. The van der Waals surface area contributed by atoms with Crippen LogP contribution < -0.4 is 4.90 Å². The van der Waals surface area contributed by atoms with E-state index in [0.29, 0.717) is 11.4 Å². The summed E-state index contributed by atoms with van der Waals surface area (Å²) in [7, 11) is 1.72. The van der Waals surface area contributed by atoms with Crippen molar-refractivity contribution in [1.29, 1.82) is 0 Å². The Bertz CT molecular complexity index is 574. The topological polar surface area (TPSA) is 33.2 Å². The Hall–Kier alpha value is -0.950. The van der Waals surface area contributed by atoms with Crippen molar-refractivity contribution >= 4 is 50.2 Å². The van der Waals surface area contributed by atoms with E-state index in [1.165, 1.54) is 4.90 Å². The van der Waals surface area contributed by atoms with Crippen LogP contribution in [-0.4, -0.2) is 17.9 Å². The molecule has 0 unspecified atom stereocenters. The number of amides is 1. The molecule has 0 saturated carbocycles. The van der Waals surface area contributed by atoms with Gasteiger partial charge in [0.25, 0.3) is 5.91 Å². The lowest BCUT2D eigenvalue weighted by Crippen LogP contribution is -2.27. The van der Waals surface area contributed by atoms with Gasteiger partial charge in [0.15, 0.2) is 0 Å². The Kier molecular flexibility index (Phi) is 4.34. The van der Waals surface area contributed by atoms with Gasteiger partial charge in [0.1, 0.15) is 5.82 Å². The zero-order chi connectivity index (χ0) is 13.1. The predicted molar refractivity (Wildman–Crippen MR) is 83.8 cm³/mol. The highest BCUT2D eigenvalue weighted by molar-refractivity contribution is 14.1. The number of nitrogens with zero attached hydrogens (tertiary/aromatic N) is 2. The monoisotopic (exact) mass is 416 g/mol. The van der Waals surface area contributed by atoms with Crippen LogP contribution in [0, 0.1) is 3.57 Å². The lowest BCUT2D eigenvalue weighted by atomic mass is 10.2. The molecular formula is C13H10BrIN2O. The number of anilines is 1. The highest BCUT2D eigenvalue weighted by Crippen LogP contribution is 2.22. The van der Waals surface area contributed by atoms with Crippen LogP contribution >= 0.6 is 38.5 Å². The van der Waals surface area contributed by atoms with Gasteiger partial charge in [0, 0.05) is 21.3 Å². The lowest BCUT2D eigenvalue weighted by Gasteiger charge is -2.17. The van der Waals surface area contributed by atoms with Crippen LogP contribution in [0.4, 0.5) is 5.82 Å². The molecule has 0 aliphatic carbocycles. The molecule has 1 amide bonds. The van der Waals surface area contributed by atoms with Crippen LogP contribution in [-0.2, 0) is 0 Å². The Morgan fingerprint density at radius 1 is 1.33 bits per heavy atom. The van der Waals surface area contributed by atoms with E-state index in [1.54, 1.807) is 19.3 Å². The van der Waals surface area contributed by atoms with Gasteiger partial charge in [-0.2, -0.15) is 0 Å². The number of benzene rings is 1. The van der Waals surface area contributed by atoms with Crippen molar-refractivity contribution in [2.24, 2.45) is 0 Å². The summed E-state index contributed by atoms with van der Waals surface area (Å²) >= 11 is 5.59. The van der Waals surface area contributed by atoms with Crippen LogP contribution in [0.5, 0.6) is 0 Å². The molecule has 0 radical (unpaired) electrons. The van der Waals surface area contributed by atoms with Gasteiger partial charge >= 0.3 is 0 Å². The van der Waals surface area contributed by atoms with Crippen molar-refractivity contribution in [2.45, 2.75) is 0 Å². The van der Waals surface area contributed by atoms with E-state index >= 15 is 0 Å². The molecule has 2 aromatic rings. The summed E-state index contributed by atoms with van der Waals surface area (Å²) in [5.41, 5.74) is 0.634. The summed E-state index contributed by atoms with van der Waals surface area (Å²) in [4.78, 5) is 18.1. The van der Waals surface area contributed by atoms with E-state index in [4.69, 9.17) is 0 Å². The highest BCUT2D eigenvalue weighted by atomic mass is 127. The summed E-state index contributed by atoms with van der Waals surface area (Å²) in [5, 5.41) is 0. The quantitative estimate of drug-likeness (QED) is 0.699. The van der Waals surface area contributed by atoms with Crippen molar-refractivity contribution < 1.29 is 4.79 Å². The molecule has 1 aromatic heterocycles. The molecule has 18 heavy (non-hydrogen) atoms. The minimum atomic E-state index is -0.0842. The average molecular weight is 417 g/mol. The zero-order valence-electron chi connectivity index (χ0n) is 9.60. The fourth-order valence-electron chi connectivity index (χ4n) is 1.50. The molecular weight excluding hydrogens is 407 g/mol. The molecule has 0 saturated heterocycles.